The SMILES string of the molecule is CN(Cc1ccccc1[N+](=O)[O-])CC(O)c1ccccc1. The number of benzene rings is 2. The normalized spacial score (nSPS) is 12.3. The molecule has 0 aromatic heterocycles. The highest BCUT2D eigenvalue weighted by molar-refractivity contribution is 5.39. The number of nitro groups is 1. The van der Waals surface area contributed by atoms with E-state index in [-0.39, 0.29) is 10.6 Å². The Kier molecular flexibility index (Phi) is 5.03. The zero-order valence-electron chi connectivity index (χ0n) is 11.8. The van der Waals surface area contributed by atoms with E-state index < -0.39 is 6.10 Å². The van der Waals surface area contributed by atoms with E-state index in [1.165, 1.54) is 6.07 Å². The first-order valence-electron chi connectivity index (χ1n) is 6.72. The highest BCUT2D eigenvalue weighted by Crippen LogP contribution is 2.20. The Bertz CT molecular complexity index is 601. The highest BCUT2D eigenvalue weighted by Gasteiger charge is 2.16. The van der Waals surface area contributed by atoms with Gasteiger partial charge in [-0.2, -0.15) is 0 Å². The van der Waals surface area contributed by atoms with Gasteiger partial charge in [0.1, 0.15) is 0 Å². The minimum absolute atomic E-state index is 0.110. The zero-order chi connectivity index (χ0) is 15.2. The van der Waals surface area contributed by atoms with Gasteiger partial charge in [-0.3, -0.25) is 15.0 Å². The van der Waals surface area contributed by atoms with E-state index in [2.05, 4.69) is 0 Å². The third-order valence-corrected chi connectivity index (χ3v) is 3.30. The summed E-state index contributed by atoms with van der Waals surface area (Å²) in [5, 5.41) is 21.2. The number of rotatable bonds is 6. The fraction of sp³-hybridized carbons (Fsp3) is 0.250. The number of para-hydroxylation sites is 1. The van der Waals surface area contributed by atoms with E-state index in [1.807, 2.05) is 42.3 Å². The summed E-state index contributed by atoms with van der Waals surface area (Å²) < 4.78 is 0. The van der Waals surface area contributed by atoms with Gasteiger partial charge in [0, 0.05) is 24.7 Å². The van der Waals surface area contributed by atoms with Crippen LogP contribution < -0.4 is 0 Å². The molecule has 0 aliphatic heterocycles. The molecule has 5 nitrogen and oxygen atoms in total. The van der Waals surface area contributed by atoms with Gasteiger partial charge < -0.3 is 5.11 Å². The van der Waals surface area contributed by atoms with Gasteiger partial charge in [0.15, 0.2) is 0 Å². The van der Waals surface area contributed by atoms with Crippen LogP contribution in [0.5, 0.6) is 0 Å². The lowest BCUT2D eigenvalue weighted by Gasteiger charge is -2.20. The van der Waals surface area contributed by atoms with Crippen molar-refractivity contribution in [3.63, 3.8) is 0 Å². The van der Waals surface area contributed by atoms with Gasteiger partial charge in [0.2, 0.25) is 0 Å². The third kappa shape index (κ3) is 4.11. The summed E-state index contributed by atoms with van der Waals surface area (Å²) in [4.78, 5) is 12.5. The Hall–Kier alpha value is -2.24. The molecule has 1 atom stereocenters. The molecule has 0 spiro atoms. The van der Waals surface area contributed by atoms with Crippen LogP contribution in [0.4, 0.5) is 5.69 Å². The predicted molar refractivity (Wildman–Crippen MR) is 80.8 cm³/mol. The van der Waals surface area contributed by atoms with Gasteiger partial charge in [-0.1, -0.05) is 48.5 Å². The number of hydrogen-bond acceptors (Lipinski definition) is 4. The Labute approximate surface area is 123 Å². The maximum Gasteiger partial charge on any atom is 0.273 e. The van der Waals surface area contributed by atoms with Crippen LogP contribution >= 0.6 is 0 Å². The molecular formula is C16H18N2O3. The quantitative estimate of drug-likeness (QED) is 0.655. The topological polar surface area (TPSA) is 66.6 Å². The summed E-state index contributed by atoms with van der Waals surface area (Å²) in [6.45, 7) is 0.830. The number of hydrogen-bond donors (Lipinski definition) is 1. The van der Waals surface area contributed by atoms with Crippen molar-refractivity contribution in [2.75, 3.05) is 13.6 Å². The minimum Gasteiger partial charge on any atom is -0.387 e. The molecule has 5 heteroatoms. The maximum atomic E-state index is 11.0. The van der Waals surface area contributed by atoms with Crippen LogP contribution in [-0.2, 0) is 6.54 Å². The van der Waals surface area contributed by atoms with Crippen LogP contribution in [0.1, 0.15) is 17.2 Å². The van der Waals surface area contributed by atoms with Crippen molar-refractivity contribution in [2.45, 2.75) is 12.6 Å². The van der Waals surface area contributed by atoms with Gasteiger partial charge in [0.05, 0.1) is 11.0 Å². The standard InChI is InChI=1S/C16H18N2O3/c1-17(12-16(19)13-7-3-2-4-8-13)11-14-9-5-6-10-15(14)18(20)21/h2-10,16,19H,11-12H2,1H3. The molecule has 1 unspecified atom stereocenters. The molecule has 2 aromatic carbocycles. The molecule has 110 valence electrons. The van der Waals surface area contributed by atoms with Gasteiger partial charge in [-0.15, -0.1) is 0 Å². The maximum absolute atomic E-state index is 11.0. The Balaban J connectivity index is 2.02. The van der Waals surface area contributed by atoms with E-state index in [0.29, 0.717) is 18.7 Å². The molecule has 0 heterocycles. The molecule has 0 bridgehead atoms. The van der Waals surface area contributed by atoms with Crippen molar-refractivity contribution in [2.24, 2.45) is 0 Å². The Morgan fingerprint density at radius 2 is 1.76 bits per heavy atom. The fourth-order valence-corrected chi connectivity index (χ4v) is 2.25. The molecule has 0 fully saturated rings. The van der Waals surface area contributed by atoms with E-state index >= 15 is 0 Å². The number of nitro benzene ring substituents is 1. The Morgan fingerprint density at radius 3 is 2.43 bits per heavy atom. The monoisotopic (exact) mass is 286 g/mol. The molecule has 0 radical (unpaired) electrons. The van der Waals surface area contributed by atoms with Crippen LogP contribution in [0.25, 0.3) is 0 Å². The van der Waals surface area contributed by atoms with Crippen molar-refractivity contribution in [1.82, 2.24) is 4.90 Å². The highest BCUT2D eigenvalue weighted by atomic mass is 16.6. The van der Waals surface area contributed by atoms with Crippen molar-refractivity contribution in [3.05, 3.63) is 75.8 Å². The van der Waals surface area contributed by atoms with Crippen molar-refractivity contribution in [1.29, 1.82) is 0 Å². The van der Waals surface area contributed by atoms with Gasteiger partial charge in [-0.05, 0) is 12.6 Å². The molecule has 1 N–H and O–H groups in total. The van der Waals surface area contributed by atoms with Crippen LogP contribution in [0.3, 0.4) is 0 Å². The molecular weight excluding hydrogens is 268 g/mol. The largest absolute Gasteiger partial charge is 0.387 e. The van der Waals surface area contributed by atoms with Gasteiger partial charge in [-0.25, -0.2) is 0 Å². The molecule has 0 amide bonds. The van der Waals surface area contributed by atoms with Crippen LogP contribution in [-0.4, -0.2) is 28.5 Å². The first-order chi connectivity index (χ1) is 10.1. The van der Waals surface area contributed by atoms with Crippen LogP contribution in [0.2, 0.25) is 0 Å². The van der Waals surface area contributed by atoms with Crippen LogP contribution in [0, 0.1) is 10.1 Å². The lowest BCUT2D eigenvalue weighted by Crippen LogP contribution is -2.24. The van der Waals surface area contributed by atoms with Crippen molar-refractivity contribution < 1.29 is 10.0 Å². The number of aliphatic hydroxyl groups is 1. The van der Waals surface area contributed by atoms with Gasteiger partial charge in [0.25, 0.3) is 5.69 Å². The minimum atomic E-state index is -0.612. The summed E-state index contributed by atoms with van der Waals surface area (Å²) >= 11 is 0. The van der Waals surface area contributed by atoms with Crippen molar-refractivity contribution in [3.8, 4) is 0 Å². The molecule has 0 saturated heterocycles. The van der Waals surface area contributed by atoms with Gasteiger partial charge >= 0.3 is 0 Å². The first kappa shape index (κ1) is 15.2. The molecule has 2 aromatic rings. The lowest BCUT2D eigenvalue weighted by atomic mass is 10.1. The molecule has 0 saturated carbocycles. The average molecular weight is 286 g/mol. The molecule has 2 rings (SSSR count). The molecule has 21 heavy (non-hydrogen) atoms. The Morgan fingerprint density at radius 1 is 1.14 bits per heavy atom. The second-order valence-electron chi connectivity index (χ2n) is 5.01. The second-order valence-corrected chi connectivity index (χ2v) is 5.01. The second kappa shape index (κ2) is 6.97. The first-order valence-corrected chi connectivity index (χ1v) is 6.72. The smallest absolute Gasteiger partial charge is 0.273 e. The lowest BCUT2D eigenvalue weighted by molar-refractivity contribution is -0.385. The summed E-state index contributed by atoms with van der Waals surface area (Å²) in [5.74, 6) is 0. The average Bonchev–Trinajstić information content (AvgIpc) is 2.48. The van der Waals surface area contributed by atoms with Crippen LogP contribution in [0.15, 0.2) is 54.6 Å². The van der Waals surface area contributed by atoms with E-state index in [4.69, 9.17) is 0 Å². The molecule has 0 aliphatic rings. The number of aliphatic hydroxyl groups excluding tert-OH is 1. The predicted octanol–water partition coefficient (Wildman–Crippen LogP) is 2.76. The molecule has 0 aliphatic carbocycles. The van der Waals surface area contributed by atoms with Crippen molar-refractivity contribution >= 4 is 5.69 Å². The summed E-state index contributed by atoms with van der Waals surface area (Å²) in [7, 11) is 1.84. The zero-order valence-corrected chi connectivity index (χ0v) is 11.8. The van der Waals surface area contributed by atoms with E-state index in [1.54, 1.807) is 18.2 Å². The summed E-state index contributed by atoms with van der Waals surface area (Å²) in [6, 6.07) is 16.0. The van der Waals surface area contributed by atoms with E-state index in [9.17, 15) is 15.2 Å². The van der Waals surface area contributed by atoms with E-state index in [0.717, 1.165) is 5.56 Å². The third-order valence-electron chi connectivity index (χ3n) is 3.30. The number of likely N-dealkylation sites (N-methyl/N-ethyl adjacent to an activating group) is 1. The summed E-state index contributed by atoms with van der Waals surface area (Å²) in [6.07, 6.45) is -0.612. The number of nitrogens with zero attached hydrogens (tertiary/aromatic N) is 2. The summed E-state index contributed by atoms with van der Waals surface area (Å²) in [5.41, 5.74) is 1.59. The fourth-order valence-electron chi connectivity index (χ4n) is 2.25.